The monoisotopic (exact) mass is 269 g/mol. The van der Waals surface area contributed by atoms with E-state index in [0.717, 1.165) is 6.42 Å². The van der Waals surface area contributed by atoms with E-state index < -0.39 is 0 Å². The van der Waals surface area contributed by atoms with E-state index in [1.807, 2.05) is 0 Å². The molecule has 0 saturated heterocycles. The van der Waals surface area contributed by atoms with Crippen molar-refractivity contribution in [1.82, 2.24) is 4.90 Å². The molecule has 0 radical (unpaired) electrons. The van der Waals surface area contributed by atoms with Crippen molar-refractivity contribution < 1.29 is 0 Å². The first-order valence-corrected chi connectivity index (χ1v) is 8.00. The van der Waals surface area contributed by atoms with Gasteiger partial charge in [-0.25, -0.2) is 0 Å². The summed E-state index contributed by atoms with van der Waals surface area (Å²) in [7, 11) is 0. The third kappa shape index (κ3) is 5.34. The van der Waals surface area contributed by atoms with Crippen LogP contribution in [0.2, 0.25) is 0 Å². The lowest BCUT2D eigenvalue weighted by Gasteiger charge is -2.22. The Kier molecular flexibility index (Phi) is 6.59. The summed E-state index contributed by atoms with van der Waals surface area (Å²) >= 11 is 0. The first-order chi connectivity index (χ1) is 9.88. The molecule has 0 N–H and O–H groups in total. The zero-order chi connectivity index (χ0) is 14.0. The van der Waals surface area contributed by atoms with Crippen LogP contribution < -0.4 is 0 Å². The summed E-state index contributed by atoms with van der Waals surface area (Å²) in [5.74, 6) is 0. The lowest BCUT2D eigenvalue weighted by Crippen LogP contribution is -2.28. The second-order valence-electron chi connectivity index (χ2n) is 5.59. The minimum Gasteiger partial charge on any atom is -0.303 e. The van der Waals surface area contributed by atoms with Crippen LogP contribution in [0.4, 0.5) is 0 Å². The van der Waals surface area contributed by atoms with Crippen LogP contribution in [0.1, 0.15) is 38.2 Å². The van der Waals surface area contributed by atoms with Gasteiger partial charge in [0, 0.05) is 13.1 Å². The average molecular weight is 269 g/mol. The highest BCUT2D eigenvalue weighted by Gasteiger charge is 2.06. The molecule has 0 unspecified atom stereocenters. The Morgan fingerprint density at radius 2 is 1.75 bits per heavy atom. The zero-order valence-corrected chi connectivity index (χ0v) is 12.7. The number of benzene rings is 1. The van der Waals surface area contributed by atoms with E-state index in [-0.39, 0.29) is 0 Å². The molecule has 0 atom stereocenters. The van der Waals surface area contributed by atoms with Crippen molar-refractivity contribution in [3.8, 4) is 0 Å². The van der Waals surface area contributed by atoms with Gasteiger partial charge in [0.1, 0.15) is 0 Å². The van der Waals surface area contributed by atoms with Crippen LogP contribution >= 0.6 is 0 Å². The lowest BCUT2D eigenvalue weighted by molar-refractivity contribution is 0.281. The van der Waals surface area contributed by atoms with Crippen molar-refractivity contribution in [2.24, 2.45) is 0 Å². The van der Waals surface area contributed by atoms with Gasteiger partial charge in [-0.3, -0.25) is 0 Å². The molecule has 0 saturated carbocycles. The highest BCUT2D eigenvalue weighted by molar-refractivity contribution is 5.22. The third-order valence-electron chi connectivity index (χ3n) is 3.89. The maximum Gasteiger partial charge on any atom is 0.00219 e. The highest BCUT2D eigenvalue weighted by atomic mass is 15.1. The number of allylic oxidation sites excluding steroid dienone is 3. The van der Waals surface area contributed by atoms with Crippen LogP contribution in [-0.4, -0.2) is 24.5 Å². The SMILES string of the molecule is CCCN(CCC1=CCCC=C1)CCc1ccccc1. The maximum absolute atomic E-state index is 2.61. The van der Waals surface area contributed by atoms with Gasteiger partial charge in [-0.05, 0) is 44.2 Å². The van der Waals surface area contributed by atoms with Crippen molar-refractivity contribution in [1.29, 1.82) is 0 Å². The molecule has 0 heterocycles. The topological polar surface area (TPSA) is 3.24 Å². The van der Waals surface area contributed by atoms with Gasteiger partial charge in [-0.15, -0.1) is 0 Å². The van der Waals surface area contributed by atoms with E-state index in [9.17, 15) is 0 Å². The molecule has 1 nitrogen and oxygen atoms in total. The Labute approximate surface area is 124 Å². The smallest absolute Gasteiger partial charge is 0.00219 e. The quantitative estimate of drug-likeness (QED) is 0.666. The van der Waals surface area contributed by atoms with Gasteiger partial charge in [0.2, 0.25) is 0 Å². The van der Waals surface area contributed by atoms with Gasteiger partial charge in [-0.2, -0.15) is 0 Å². The van der Waals surface area contributed by atoms with Gasteiger partial charge >= 0.3 is 0 Å². The predicted octanol–water partition coefficient (Wildman–Crippen LogP) is 4.61. The van der Waals surface area contributed by atoms with Gasteiger partial charge in [0.05, 0.1) is 0 Å². The largest absolute Gasteiger partial charge is 0.303 e. The Balaban J connectivity index is 1.77. The maximum atomic E-state index is 2.61. The van der Waals surface area contributed by atoms with E-state index in [1.54, 1.807) is 0 Å². The van der Waals surface area contributed by atoms with Crippen molar-refractivity contribution >= 4 is 0 Å². The molecule has 20 heavy (non-hydrogen) atoms. The van der Waals surface area contributed by atoms with Crippen molar-refractivity contribution in [3.05, 3.63) is 59.7 Å². The van der Waals surface area contributed by atoms with Crippen LogP contribution in [0, 0.1) is 0 Å². The summed E-state index contributed by atoms with van der Waals surface area (Å²) in [6.07, 6.45) is 13.1. The van der Waals surface area contributed by atoms with Crippen molar-refractivity contribution in [2.45, 2.75) is 39.0 Å². The molecule has 1 heteroatoms. The Morgan fingerprint density at radius 3 is 2.45 bits per heavy atom. The first-order valence-electron chi connectivity index (χ1n) is 8.00. The molecule has 1 aliphatic rings. The van der Waals surface area contributed by atoms with Crippen LogP contribution in [0.3, 0.4) is 0 Å². The fraction of sp³-hybridized carbons (Fsp3) is 0.474. The van der Waals surface area contributed by atoms with Gasteiger partial charge in [0.25, 0.3) is 0 Å². The van der Waals surface area contributed by atoms with E-state index in [0.29, 0.717) is 0 Å². The lowest BCUT2D eigenvalue weighted by atomic mass is 10.0. The molecule has 0 fully saturated rings. The first kappa shape index (κ1) is 15.1. The van der Waals surface area contributed by atoms with Crippen LogP contribution in [0.5, 0.6) is 0 Å². The molecule has 0 aliphatic heterocycles. The number of nitrogens with zero attached hydrogens (tertiary/aromatic N) is 1. The summed E-state index contributed by atoms with van der Waals surface area (Å²) in [6, 6.07) is 10.8. The number of hydrogen-bond donors (Lipinski definition) is 0. The molecule has 1 aromatic carbocycles. The minimum atomic E-state index is 1.16. The summed E-state index contributed by atoms with van der Waals surface area (Å²) in [6.45, 7) is 5.85. The molecular weight excluding hydrogens is 242 g/mol. The molecule has 0 spiro atoms. The Bertz CT molecular complexity index is 430. The van der Waals surface area contributed by atoms with Crippen molar-refractivity contribution in [3.63, 3.8) is 0 Å². The molecule has 0 bridgehead atoms. The molecule has 1 aromatic rings. The molecular formula is C19H27N. The van der Waals surface area contributed by atoms with E-state index in [1.165, 1.54) is 56.5 Å². The van der Waals surface area contributed by atoms with E-state index in [2.05, 4.69) is 60.4 Å². The second kappa shape index (κ2) is 8.76. The van der Waals surface area contributed by atoms with Crippen molar-refractivity contribution in [2.75, 3.05) is 19.6 Å². The summed E-state index contributed by atoms with van der Waals surface area (Å²) < 4.78 is 0. The summed E-state index contributed by atoms with van der Waals surface area (Å²) in [4.78, 5) is 2.61. The highest BCUT2D eigenvalue weighted by Crippen LogP contribution is 2.14. The average Bonchev–Trinajstić information content (AvgIpc) is 2.52. The molecule has 0 amide bonds. The van der Waals surface area contributed by atoms with Crippen LogP contribution in [0.25, 0.3) is 0 Å². The predicted molar refractivity (Wildman–Crippen MR) is 88.0 cm³/mol. The van der Waals surface area contributed by atoms with Gasteiger partial charge < -0.3 is 4.90 Å². The van der Waals surface area contributed by atoms with Crippen LogP contribution in [0.15, 0.2) is 54.1 Å². The third-order valence-corrected chi connectivity index (χ3v) is 3.89. The summed E-state index contributed by atoms with van der Waals surface area (Å²) in [5, 5.41) is 0. The number of rotatable bonds is 8. The van der Waals surface area contributed by atoms with E-state index in [4.69, 9.17) is 0 Å². The van der Waals surface area contributed by atoms with Gasteiger partial charge in [-0.1, -0.05) is 61.1 Å². The molecule has 2 rings (SSSR count). The molecule has 0 aromatic heterocycles. The Morgan fingerprint density at radius 1 is 0.950 bits per heavy atom. The molecule has 1 aliphatic carbocycles. The van der Waals surface area contributed by atoms with E-state index >= 15 is 0 Å². The van der Waals surface area contributed by atoms with Crippen LogP contribution in [-0.2, 0) is 6.42 Å². The summed E-state index contributed by atoms with van der Waals surface area (Å²) in [5.41, 5.74) is 2.97. The minimum absolute atomic E-state index is 1.16. The number of hydrogen-bond acceptors (Lipinski definition) is 1. The standard InChI is InChI=1S/C19H27N/c1-2-15-20(16-13-18-9-5-3-6-10-18)17-14-19-11-7-4-8-12-19/h3,5-7,9-12H,2,4,8,13-17H2,1H3. The second-order valence-corrected chi connectivity index (χ2v) is 5.59. The fourth-order valence-corrected chi connectivity index (χ4v) is 2.72. The normalized spacial score (nSPS) is 14.6. The zero-order valence-electron chi connectivity index (χ0n) is 12.7. The fourth-order valence-electron chi connectivity index (χ4n) is 2.72. The Hall–Kier alpha value is -1.34. The van der Waals surface area contributed by atoms with Gasteiger partial charge in [0.15, 0.2) is 0 Å². The molecule has 108 valence electrons.